The SMILES string of the molecule is Cc1ccc(N(C(C)C(=O)Cl)S(C)(=O)=O)cc1. The van der Waals surface area contributed by atoms with Gasteiger partial charge in [-0.05, 0) is 37.6 Å². The molecule has 94 valence electrons. The Kier molecular flexibility index (Phi) is 4.16. The summed E-state index contributed by atoms with van der Waals surface area (Å²) in [5, 5.41) is -0.712. The second-order valence-corrected chi connectivity index (χ2v) is 6.11. The fourth-order valence-corrected chi connectivity index (χ4v) is 2.82. The molecule has 0 aliphatic rings. The molecule has 0 aromatic heterocycles. The van der Waals surface area contributed by atoms with E-state index in [0.29, 0.717) is 5.69 Å². The molecule has 1 unspecified atom stereocenters. The van der Waals surface area contributed by atoms with Crippen LogP contribution in [0.25, 0.3) is 0 Å². The first-order valence-corrected chi connectivity index (χ1v) is 7.21. The van der Waals surface area contributed by atoms with Gasteiger partial charge in [-0.1, -0.05) is 17.7 Å². The first-order chi connectivity index (χ1) is 7.73. The number of benzene rings is 1. The van der Waals surface area contributed by atoms with Gasteiger partial charge in [0.1, 0.15) is 6.04 Å². The van der Waals surface area contributed by atoms with E-state index >= 15 is 0 Å². The molecule has 0 heterocycles. The van der Waals surface area contributed by atoms with E-state index in [1.165, 1.54) is 6.92 Å². The first-order valence-electron chi connectivity index (χ1n) is 4.99. The number of carbonyl (C=O) groups excluding carboxylic acids is 1. The molecule has 0 radical (unpaired) electrons. The van der Waals surface area contributed by atoms with Crippen LogP contribution in [-0.4, -0.2) is 26.0 Å². The summed E-state index contributed by atoms with van der Waals surface area (Å²) in [7, 11) is -3.55. The van der Waals surface area contributed by atoms with Crippen LogP contribution in [0.1, 0.15) is 12.5 Å². The maximum atomic E-state index is 11.7. The van der Waals surface area contributed by atoms with Gasteiger partial charge < -0.3 is 0 Å². The fraction of sp³-hybridized carbons (Fsp3) is 0.364. The Morgan fingerprint density at radius 1 is 1.29 bits per heavy atom. The molecule has 0 spiro atoms. The molecule has 1 atom stereocenters. The van der Waals surface area contributed by atoms with Crippen molar-refractivity contribution < 1.29 is 13.2 Å². The third kappa shape index (κ3) is 3.44. The minimum Gasteiger partial charge on any atom is -0.279 e. The maximum absolute atomic E-state index is 11.7. The molecule has 0 aliphatic carbocycles. The molecule has 1 rings (SSSR count). The maximum Gasteiger partial charge on any atom is 0.245 e. The van der Waals surface area contributed by atoms with Crippen LogP contribution in [0.5, 0.6) is 0 Å². The highest BCUT2D eigenvalue weighted by Gasteiger charge is 2.27. The number of sulfonamides is 1. The molecule has 0 amide bonds. The molecule has 0 aliphatic heterocycles. The molecule has 0 bridgehead atoms. The summed E-state index contributed by atoms with van der Waals surface area (Å²) in [5.41, 5.74) is 1.44. The quantitative estimate of drug-likeness (QED) is 0.789. The second kappa shape index (κ2) is 5.06. The van der Waals surface area contributed by atoms with Crippen molar-refractivity contribution in [2.45, 2.75) is 19.9 Å². The van der Waals surface area contributed by atoms with Crippen molar-refractivity contribution in [2.75, 3.05) is 10.6 Å². The predicted octanol–water partition coefficient (Wildman–Crippen LogP) is 1.91. The van der Waals surface area contributed by atoms with E-state index in [0.717, 1.165) is 16.1 Å². The molecule has 17 heavy (non-hydrogen) atoms. The molecule has 1 aromatic carbocycles. The lowest BCUT2D eigenvalue weighted by Gasteiger charge is -2.26. The number of halogens is 1. The number of hydrogen-bond donors (Lipinski definition) is 0. The minimum atomic E-state index is -3.55. The van der Waals surface area contributed by atoms with Crippen molar-refractivity contribution in [3.8, 4) is 0 Å². The van der Waals surface area contributed by atoms with E-state index in [-0.39, 0.29) is 0 Å². The van der Waals surface area contributed by atoms with Crippen molar-refractivity contribution in [3.63, 3.8) is 0 Å². The average Bonchev–Trinajstić information content (AvgIpc) is 2.19. The molecule has 1 aromatic rings. The lowest BCUT2D eigenvalue weighted by molar-refractivity contribution is -0.112. The van der Waals surface area contributed by atoms with Crippen LogP contribution in [0.4, 0.5) is 5.69 Å². The van der Waals surface area contributed by atoms with Gasteiger partial charge in [-0.25, -0.2) is 8.42 Å². The zero-order valence-electron chi connectivity index (χ0n) is 9.84. The Morgan fingerprint density at radius 2 is 1.76 bits per heavy atom. The third-order valence-corrected chi connectivity index (χ3v) is 3.88. The van der Waals surface area contributed by atoms with E-state index in [1.54, 1.807) is 24.3 Å². The summed E-state index contributed by atoms with van der Waals surface area (Å²) in [6.07, 6.45) is 1.04. The zero-order chi connectivity index (χ0) is 13.2. The van der Waals surface area contributed by atoms with E-state index in [2.05, 4.69) is 0 Å². The summed E-state index contributed by atoms with van der Waals surface area (Å²) in [6, 6.07) is 5.92. The lowest BCUT2D eigenvalue weighted by atomic mass is 10.2. The Hall–Kier alpha value is -1.07. The highest BCUT2D eigenvalue weighted by Crippen LogP contribution is 2.22. The normalized spacial score (nSPS) is 13.2. The number of carbonyl (C=O) groups is 1. The first kappa shape index (κ1) is 14.0. The van der Waals surface area contributed by atoms with Gasteiger partial charge in [0.25, 0.3) is 0 Å². The molecular formula is C11H14ClNO3S. The smallest absolute Gasteiger partial charge is 0.245 e. The van der Waals surface area contributed by atoms with Gasteiger partial charge in [-0.15, -0.1) is 0 Å². The van der Waals surface area contributed by atoms with E-state index in [9.17, 15) is 13.2 Å². The van der Waals surface area contributed by atoms with Crippen LogP contribution in [0.15, 0.2) is 24.3 Å². The van der Waals surface area contributed by atoms with E-state index in [4.69, 9.17) is 11.6 Å². The van der Waals surface area contributed by atoms with Crippen LogP contribution in [-0.2, 0) is 14.8 Å². The summed E-state index contributed by atoms with van der Waals surface area (Å²) < 4.78 is 24.4. The van der Waals surface area contributed by atoms with Crippen LogP contribution in [0.2, 0.25) is 0 Å². The van der Waals surface area contributed by atoms with Gasteiger partial charge in [0.2, 0.25) is 15.3 Å². The van der Waals surface area contributed by atoms with Crippen LogP contribution in [0, 0.1) is 6.92 Å². The van der Waals surface area contributed by atoms with E-state index in [1.807, 2.05) is 6.92 Å². The van der Waals surface area contributed by atoms with Gasteiger partial charge in [0, 0.05) is 0 Å². The van der Waals surface area contributed by atoms with Gasteiger partial charge >= 0.3 is 0 Å². The number of aryl methyl sites for hydroxylation is 1. The largest absolute Gasteiger partial charge is 0.279 e. The number of anilines is 1. The lowest BCUT2D eigenvalue weighted by Crippen LogP contribution is -2.41. The average molecular weight is 276 g/mol. The van der Waals surface area contributed by atoms with Crippen molar-refractivity contribution in [3.05, 3.63) is 29.8 Å². The molecule has 0 saturated heterocycles. The van der Waals surface area contributed by atoms with Crippen molar-refractivity contribution in [2.24, 2.45) is 0 Å². The fourth-order valence-electron chi connectivity index (χ4n) is 1.49. The molecule has 6 heteroatoms. The van der Waals surface area contributed by atoms with Crippen LogP contribution >= 0.6 is 11.6 Å². The highest BCUT2D eigenvalue weighted by molar-refractivity contribution is 7.92. The van der Waals surface area contributed by atoms with Gasteiger partial charge in [-0.2, -0.15) is 0 Å². The summed E-state index contributed by atoms with van der Waals surface area (Å²) in [4.78, 5) is 11.1. The van der Waals surface area contributed by atoms with Crippen LogP contribution in [0.3, 0.4) is 0 Å². The monoisotopic (exact) mass is 275 g/mol. The number of rotatable bonds is 4. The topological polar surface area (TPSA) is 54.5 Å². The van der Waals surface area contributed by atoms with Gasteiger partial charge in [0.15, 0.2) is 0 Å². The second-order valence-electron chi connectivity index (χ2n) is 3.87. The molecule has 0 fully saturated rings. The van der Waals surface area contributed by atoms with E-state index < -0.39 is 21.3 Å². The molecule has 0 saturated carbocycles. The van der Waals surface area contributed by atoms with Gasteiger partial charge in [0.05, 0.1) is 11.9 Å². The van der Waals surface area contributed by atoms with Gasteiger partial charge in [-0.3, -0.25) is 9.10 Å². The summed E-state index contributed by atoms with van der Waals surface area (Å²) in [5.74, 6) is 0. The Morgan fingerprint density at radius 3 is 2.12 bits per heavy atom. The summed E-state index contributed by atoms with van der Waals surface area (Å²) >= 11 is 5.37. The Labute approximate surface area is 106 Å². The Balaban J connectivity index is 3.25. The number of hydrogen-bond acceptors (Lipinski definition) is 3. The third-order valence-electron chi connectivity index (χ3n) is 2.33. The molecular weight excluding hydrogens is 262 g/mol. The summed E-state index contributed by atoms with van der Waals surface area (Å²) in [6.45, 7) is 3.35. The van der Waals surface area contributed by atoms with Crippen molar-refractivity contribution in [1.29, 1.82) is 0 Å². The predicted molar refractivity (Wildman–Crippen MR) is 68.8 cm³/mol. The minimum absolute atomic E-state index is 0.430. The molecule has 0 N–H and O–H groups in total. The number of nitrogens with zero attached hydrogens (tertiary/aromatic N) is 1. The van der Waals surface area contributed by atoms with Crippen molar-refractivity contribution >= 4 is 32.6 Å². The molecule has 4 nitrogen and oxygen atoms in total. The highest BCUT2D eigenvalue weighted by atomic mass is 35.5. The van der Waals surface area contributed by atoms with Crippen molar-refractivity contribution in [1.82, 2.24) is 0 Å². The van der Waals surface area contributed by atoms with Crippen LogP contribution < -0.4 is 4.31 Å². The zero-order valence-corrected chi connectivity index (χ0v) is 11.4. The Bertz CT molecular complexity index is 510. The standard InChI is InChI=1S/C11H14ClNO3S/c1-8-4-6-10(7-5-8)13(17(3,15)16)9(2)11(12)14/h4-7,9H,1-3H3.